The highest BCUT2D eigenvalue weighted by molar-refractivity contribution is 8.00. The van der Waals surface area contributed by atoms with Crippen LogP contribution in [0.1, 0.15) is 20.8 Å². The number of alkyl halides is 1. The maximum absolute atomic E-state index is 13.4. The summed E-state index contributed by atoms with van der Waals surface area (Å²) in [5, 5.41) is 9.71. The summed E-state index contributed by atoms with van der Waals surface area (Å²) in [6.07, 6.45) is 2.06. The predicted octanol–water partition coefficient (Wildman–Crippen LogP) is 6.37. The Labute approximate surface area is 229 Å². The zero-order valence-electron chi connectivity index (χ0n) is 21.6. The summed E-state index contributed by atoms with van der Waals surface area (Å²) in [6.45, 7) is 5.16. The Bertz CT molecular complexity index is 1490. The molecular formula is C28H27FN6O3S. The maximum Gasteiger partial charge on any atom is 0.289 e. The fourth-order valence-corrected chi connectivity index (χ4v) is 4.17. The first-order chi connectivity index (χ1) is 18.8. The Morgan fingerprint density at radius 1 is 1.03 bits per heavy atom. The normalized spacial score (nSPS) is 11.6. The average Bonchev–Trinajstić information content (AvgIpc) is 3.46. The summed E-state index contributed by atoms with van der Waals surface area (Å²) >= 11 is 1.45. The lowest BCUT2D eigenvalue weighted by molar-refractivity contribution is -0.127. The smallest absolute Gasteiger partial charge is 0.289 e. The van der Waals surface area contributed by atoms with Gasteiger partial charge in [0.25, 0.3) is 11.8 Å². The van der Waals surface area contributed by atoms with Crippen LogP contribution in [0.25, 0.3) is 23.0 Å². The largest absolute Gasteiger partial charge is 0.359 e. The van der Waals surface area contributed by atoms with Crippen LogP contribution in [-0.4, -0.2) is 34.0 Å². The first-order valence-electron chi connectivity index (χ1n) is 12.0. The molecular weight excluding hydrogens is 519 g/mol. The van der Waals surface area contributed by atoms with Crippen molar-refractivity contribution in [3.63, 3.8) is 0 Å². The number of aromatic nitrogens is 3. The van der Waals surface area contributed by atoms with Gasteiger partial charge in [0.05, 0.1) is 6.67 Å². The van der Waals surface area contributed by atoms with Crippen molar-refractivity contribution in [2.45, 2.75) is 25.7 Å². The third-order valence-corrected chi connectivity index (χ3v) is 6.49. The van der Waals surface area contributed by atoms with Crippen LogP contribution in [0.2, 0.25) is 0 Å². The lowest BCUT2D eigenvalue weighted by Crippen LogP contribution is -2.22. The van der Waals surface area contributed by atoms with E-state index in [4.69, 9.17) is 4.52 Å². The predicted molar refractivity (Wildman–Crippen MR) is 151 cm³/mol. The minimum absolute atomic E-state index is 0.169. The van der Waals surface area contributed by atoms with Crippen LogP contribution in [0.5, 0.6) is 0 Å². The first kappa shape index (κ1) is 27.5. The molecule has 0 unspecified atom stereocenters. The molecule has 2 aromatic heterocycles. The number of anilines is 3. The van der Waals surface area contributed by atoms with E-state index in [1.54, 1.807) is 18.2 Å². The third kappa shape index (κ3) is 7.08. The number of amides is 1. The van der Waals surface area contributed by atoms with E-state index in [2.05, 4.69) is 30.5 Å². The van der Waals surface area contributed by atoms with E-state index in [-0.39, 0.29) is 18.0 Å². The van der Waals surface area contributed by atoms with Crippen molar-refractivity contribution in [1.82, 2.24) is 15.1 Å². The number of nitrogens with one attached hydrogen (secondary N) is 3. The molecule has 0 aliphatic carbocycles. The number of nitrogens with zero attached hydrogens (tertiary/aromatic N) is 3. The number of hydrogen-bond donors (Lipinski definition) is 3. The van der Waals surface area contributed by atoms with Crippen LogP contribution < -0.4 is 15.4 Å². The highest BCUT2D eigenvalue weighted by Gasteiger charge is 2.23. The Kier molecular flexibility index (Phi) is 8.72. The topological polar surface area (TPSA) is 122 Å². The van der Waals surface area contributed by atoms with Gasteiger partial charge in [0.1, 0.15) is 11.5 Å². The van der Waals surface area contributed by atoms with E-state index < -0.39 is 18.0 Å². The van der Waals surface area contributed by atoms with Crippen molar-refractivity contribution < 1.29 is 18.5 Å². The average molecular weight is 547 g/mol. The molecule has 2 heterocycles. The van der Waals surface area contributed by atoms with E-state index in [1.807, 2.05) is 75.4 Å². The van der Waals surface area contributed by atoms with Gasteiger partial charge in [-0.3, -0.25) is 14.0 Å². The van der Waals surface area contributed by atoms with Crippen molar-refractivity contribution in [3.05, 3.63) is 78.5 Å². The summed E-state index contributed by atoms with van der Waals surface area (Å²) in [6, 6.07) is 20.3. The molecule has 0 aliphatic heterocycles. The van der Waals surface area contributed by atoms with Gasteiger partial charge in [-0.25, -0.2) is 4.98 Å². The minimum Gasteiger partial charge on any atom is -0.359 e. The highest BCUT2D eigenvalue weighted by atomic mass is 32.2. The van der Waals surface area contributed by atoms with E-state index in [0.717, 1.165) is 27.5 Å². The quantitative estimate of drug-likeness (QED) is 0.112. The number of pyridine rings is 1. The van der Waals surface area contributed by atoms with E-state index >= 15 is 0 Å². The highest BCUT2D eigenvalue weighted by Crippen LogP contribution is 2.30. The molecule has 4 aromatic rings. The number of halogens is 1. The molecule has 0 aliphatic rings. The second-order valence-corrected chi connectivity index (χ2v) is 9.97. The molecule has 0 fully saturated rings. The van der Waals surface area contributed by atoms with E-state index in [1.165, 1.54) is 11.9 Å². The SMILES string of the molecule is C/C=C(\Nc1cccc(NSc2ccc(-c3noc(-c4cccc(NC(=O)C=O)n4)n3)cc2)c1)C(C)(C)CF. The van der Waals surface area contributed by atoms with E-state index in [9.17, 15) is 14.0 Å². The van der Waals surface area contributed by atoms with Crippen molar-refractivity contribution >= 4 is 41.3 Å². The molecule has 200 valence electrons. The van der Waals surface area contributed by atoms with Gasteiger partial charge < -0.3 is 19.9 Å². The van der Waals surface area contributed by atoms with Gasteiger partial charge in [-0.1, -0.05) is 37.2 Å². The molecule has 0 saturated carbocycles. The summed E-state index contributed by atoms with van der Waals surface area (Å²) < 4.78 is 22.1. The number of aldehydes is 1. The van der Waals surface area contributed by atoms with Crippen molar-refractivity contribution in [3.8, 4) is 23.0 Å². The molecule has 0 radical (unpaired) electrons. The van der Waals surface area contributed by atoms with Crippen LogP contribution in [0.3, 0.4) is 0 Å². The molecule has 3 N–H and O–H groups in total. The van der Waals surface area contributed by atoms with E-state index in [0.29, 0.717) is 11.5 Å². The van der Waals surface area contributed by atoms with Crippen molar-refractivity contribution in [1.29, 1.82) is 0 Å². The zero-order chi connectivity index (χ0) is 27.8. The molecule has 9 nitrogen and oxygen atoms in total. The monoisotopic (exact) mass is 546 g/mol. The Balaban J connectivity index is 1.39. The molecule has 0 spiro atoms. The minimum atomic E-state index is -0.803. The summed E-state index contributed by atoms with van der Waals surface area (Å²) in [5.41, 5.74) is 3.10. The van der Waals surface area contributed by atoms with Gasteiger partial charge in [0.2, 0.25) is 12.1 Å². The first-order valence-corrected chi connectivity index (χ1v) is 12.8. The number of rotatable bonds is 11. The molecule has 11 heteroatoms. The number of allylic oxidation sites excluding steroid dienone is 2. The molecule has 4 rings (SSSR count). The Morgan fingerprint density at radius 3 is 2.49 bits per heavy atom. The van der Waals surface area contributed by atoms with Gasteiger partial charge in [-0.2, -0.15) is 4.98 Å². The van der Waals surface area contributed by atoms with Crippen molar-refractivity contribution in [2.75, 3.05) is 22.0 Å². The van der Waals surface area contributed by atoms with Crippen LogP contribution in [0.4, 0.5) is 21.6 Å². The van der Waals surface area contributed by atoms with Crippen LogP contribution in [0, 0.1) is 5.41 Å². The van der Waals surface area contributed by atoms with Gasteiger partial charge in [-0.05, 0) is 73.5 Å². The second kappa shape index (κ2) is 12.4. The van der Waals surface area contributed by atoms with Crippen LogP contribution in [-0.2, 0) is 9.59 Å². The van der Waals surface area contributed by atoms with Crippen molar-refractivity contribution in [2.24, 2.45) is 5.41 Å². The second-order valence-electron chi connectivity index (χ2n) is 9.09. The molecule has 39 heavy (non-hydrogen) atoms. The number of hydrogen-bond acceptors (Lipinski definition) is 9. The molecule has 1 amide bonds. The van der Waals surface area contributed by atoms with Gasteiger partial charge in [0.15, 0.2) is 0 Å². The lowest BCUT2D eigenvalue weighted by Gasteiger charge is -2.26. The van der Waals surface area contributed by atoms with Crippen LogP contribution >= 0.6 is 11.9 Å². The standard InChI is InChI=1S/C28H27FN6O3S/c1-4-23(28(2,3)17-29)30-19-7-5-8-20(15-19)35-39-21-13-11-18(12-14-21)26-33-27(38-34-26)22-9-6-10-24(31-22)32-25(37)16-36/h4-16,30,35H,17H2,1-3H3,(H,31,32,37)/b23-4-. The summed E-state index contributed by atoms with van der Waals surface area (Å²) in [7, 11) is 0. The molecule has 2 aromatic carbocycles. The lowest BCUT2D eigenvalue weighted by atomic mass is 9.90. The number of carbonyl (C=O) groups is 2. The third-order valence-electron chi connectivity index (χ3n) is 5.65. The van der Waals surface area contributed by atoms with Crippen LogP contribution in [0.15, 0.2) is 87.9 Å². The fourth-order valence-electron chi connectivity index (χ4n) is 3.53. The van der Waals surface area contributed by atoms with Gasteiger partial charge in [-0.15, -0.1) is 0 Å². The number of carbonyl (C=O) groups excluding carboxylic acids is 2. The van der Waals surface area contributed by atoms with Gasteiger partial charge in [0, 0.05) is 32.9 Å². The number of benzene rings is 2. The Morgan fingerprint density at radius 2 is 1.77 bits per heavy atom. The fraction of sp³-hybridized carbons (Fsp3) is 0.179. The zero-order valence-corrected chi connectivity index (χ0v) is 22.4. The summed E-state index contributed by atoms with van der Waals surface area (Å²) in [4.78, 5) is 31.4. The molecule has 0 bridgehead atoms. The molecule has 0 saturated heterocycles. The Hall–Kier alpha value is -4.51. The maximum atomic E-state index is 13.4. The molecule has 0 atom stereocenters. The van der Waals surface area contributed by atoms with Gasteiger partial charge >= 0.3 is 0 Å². The summed E-state index contributed by atoms with van der Waals surface area (Å²) in [5.74, 6) is -0.0429.